The maximum absolute atomic E-state index is 11.1. The van der Waals surface area contributed by atoms with E-state index in [1.54, 1.807) is 32.0 Å². The average molecular weight is 253 g/mol. The van der Waals surface area contributed by atoms with E-state index in [2.05, 4.69) is 15.6 Å². The molecule has 0 saturated heterocycles. The number of benzene rings is 1. The summed E-state index contributed by atoms with van der Waals surface area (Å²) in [6.07, 6.45) is -0.622. The summed E-state index contributed by atoms with van der Waals surface area (Å²) in [6.45, 7) is 3.65. The lowest BCUT2D eigenvalue weighted by Gasteiger charge is -2.14. The number of nitro benzene ring substituents is 1. The summed E-state index contributed by atoms with van der Waals surface area (Å²) in [4.78, 5) is 21.4. The van der Waals surface area contributed by atoms with Gasteiger partial charge >= 0.3 is 6.09 Å². The van der Waals surface area contributed by atoms with Crippen LogP contribution in [0.1, 0.15) is 25.5 Å². The molecule has 0 aliphatic rings. The number of carbonyl (C=O) groups is 1. The number of hydrogen-bond acceptors (Lipinski definition) is 5. The predicted molar refractivity (Wildman–Crippen MR) is 64.8 cm³/mol. The molecule has 2 N–H and O–H groups in total. The molecule has 18 heavy (non-hydrogen) atoms. The van der Waals surface area contributed by atoms with Crippen LogP contribution in [0.3, 0.4) is 0 Å². The molecule has 0 fully saturated rings. The Kier molecular flexibility index (Phi) is 5.06. The van der Waals surface area contributed by atoms with Gasteiger partial charge in [0.25, 0.3) is 5.69 Å². The van der Waals surface area contributed by atoms with Gasteiger partial charge < -0.3 is 4.74 Å². The molecule has 1 aromatic rings. The first-order chi connectivity index (χ1) is 8.56. The summed E-state index contributed by atoms with van der Waals surface area (Å²) in [7, 11) is 0. The van der Waals surface area contributed by atoms with E-state index in [4.69, 9.17) is 0 Å². The zero-order valence-corrected chi connectivity index (χ0v) is 10.2. The number of hydrogen-bond donors (Lipinski definition) is 2. The molecule has 7 heteroatoms. The summed E-state index contributed by atoms with van der Waals surface area (Å²) in [6, 6.07) is 5.93. The molecule has 1 aromatic carbocycles. The van der Waals surface area contributed by atoms with Crippen molar-refractivity contribution in [3.63, 3.8) is 0 Å². The van der Waals surface area contributed by atoms with Crippen LogP contribution in [0.5, 0.6) is 0 Å². The summed E-state index contributed by atoms with van der Waals surface area (Å²) in [5, 5.41) is 10.8. The van der Waals surface area contributed by atoms with Gasteiger partial charge in [-0.2, -0.15) is 0 Å². The first-order valence-corrected chi connectivity index (χ1v) is 5.47. The van der Waals surface area contributed by atoms with E-state index in [1.165, 1.54) is 6.07 Å². The largest absolute Gasteiger partial charge is 0.449 e. The molecule has 1 amide bonds. The van der Waals surface area contributed by atoms with Gasteiger partial charge in [-0.15, -0.1) is 0 Å². The Morgan fingerprint density at radius 3 is 2.78 bits per heavy atom. The van der Waals surface area contributed by atoms with Gasteiger partial charge in [-0.3, -0.25) is 15.5 Å². The van der Waals surface area contributed by atoms with Crippen molar-refractivity contribution in [1.29, 1.82) is 0 Å². The topological polar surface area (TPSA) is 93.5 Å². The molecular weight excluding hydrogens is 238 g/mol. The standard InChI is InChI=1S/C11H15N3O4/c1-3-18-11(15)13-12-8(2)9-6-4-5-7-10(9)14(16)17/h4-8,12H,3H2,1-2H3,(H,13,15). The van der Waals surface area contributed by atoms with Crippen LogP contribution in [0, 0.1) is 10.1 Å². The molecule has 0 radical (unpaired) electrons. The van der Waals surface area contributed by atoms with E-state index in [0.29, 0.717) is 5.56 Å². The van der Waals surface area contributed by atoms with Crippen LogP contribution in [0.25, 0.3) is 0 Å². The second kappa shape index (κ2) is 6.55. The Labute approximate surface area is 104 Å². The predicted octanol–water partition coefficient (Wildman–Crippen LogP) is 1.91. The van der Waals surface area contributed by atoms with Gasteiger partial charge in [0.15, 0.2) is 0 Å². The fourth-order valence-electron chi connectivity index (χ4n) is 1.43. The first kappa shape index (κ1) is 13.9. The summed E-state index contributed by atoms with van der Waals surface area (Å²) >= 11 is 0. The van der Waals surface area contributed by atoms with Crippen molar-refractivity contribution in [2.75, 3.05) is 6.61 Å². The number of carbonyl (C=O) groups excluding carboxylic acids is 1. The third-order valence-electron chi connectivity index (χ3n) is 2.27. The highest BCUT2D eigenvalue weighted by atomic mass is 16.6. The lowest BCUT2D eigenvalue weighted by atomic mass is 10.1. The van der Waals surface area contributed by atoms with Gasteiger partial charge in [0, 0.05) is 11.6 Å². The molecule has 0 saturated carbocycles. The minimum absolute atomic E-state index is 0.00292. The third kappa shape index (κ3) is 3.70. The Bertz CT molecular complexity index is 436. The van der Waals surface area contributed by atoms with Gasteiger partial charge in [0.2, 0.25) is 0 Å². The van der Waals surface area contributed by atoms with Crippen LogP contribution in [-0.2, 0) is 4.74 Å². The summed E-state index contributed by atoms with van der Waals surface area (Å²) in [5.74, 6) is 0. The van der Waals surface area contributed by atoms with Crippen LogP contribution in [0.4, 0.5) is 10.5 Å². The monoisotopic (exact) mass is 253 g/mol. The average Bonchev–Trinajstić information content (AvgIpc) is 2.36. The van der Waals surface area contributed by atoms with Gasteiger partial charge in [0.05, 0.1) is 17.6 Å². The minimum atomic E-state index is -0.622. The highest BCUT2D eigenvalue weighted by molar-refractivity contribution is 5.66. The zero-order valence-electron chi connectivity index (χ0n) is 10.2. The zero-order chi connectivity index (χ0) is 13.5. The number of hydrazine groups is 1. The van der Waals surface area contributed by atoms with E-state index in [0.717, 1.165) is 0 Å². The summed E-state index contributed by atoms with van der Waals surface area (Å²) in [5.41, 5.74) is 5.45. The van der Waals surface area contributed by atoms with Crippen molar-refractivity contribution in [2.45, 2.75) is 19.9 Å². The second-order valence-corrected chi connectivity index (χ2v) is 3.53. The van der Waals surface area contributed by atoms with Crippen molar-refractivity contribution < 1.29 is 14.5 Å². The Morgan fingerprint density at radius 2 is 2.17 bits per heavy atom. The number of nitro groups is 1. The number of rotatable bonds is 5. The van der Waals surface area contributed by atoms with Crippen molar-refractivity contribution in [3.8, 4) is 0 Å². The van der Waals surface area contributed by atoms with Crippen molar-refractivity contribution in [2.24, 2.45) is 0 Å². The molecule has 0 aliphatic heterocycles. The molecule has 1 rings (SSSR count). The van der Waals surface area contributed by atoms with Gasteiger partial charge in [0.1, 0.15) is 0 Å². The molecule has 1 atom stereocenters. The molecule has 1 unspecified atom stereocenters. The lowest BCUT2D eigenvalue weighted by molar-refractivity contribution is -0.385. The van der Waals surface area contributed by atoms with Gasteiger partial charge in [-0.05, 0) is 13.8 Å². The van der Waals surface area contributed by atoms with Crippen molar-refractivity contribution in [3.05, 3.63) is 39.9 Å². The van der Waals surface area contributed by atoms with Crippen molar-refractivity contribution in [1.82, 2.24) is 10.9 Å². The highest BCUT2D eigenvalue weighted by Crippen LogP contribution is 2.23. The number of nitrogens with one attached hydrogen (secondary N) is 2. The molecule has 0 heterocycles. The number of para-hydroxylation sites is 1. The van der Waals surface area contributed by atoms with Gasteiger partial charge in [-0.25, -0.2) is 10.2 Å². The van der Waals surface area contributed by atoms with E-state index >= 15 is 0 Å². The smallest absolute Gasteiger partial charge is 0.421 e. The number of amides is 1. The van der Waals surface area contributed by atoms with E-state index in [-0.39, 0.29) is 12.3 Å². The lowest BCUT2D eigenvalue weighted by Crippen LogP contribution is -2.39. The quantitative estimate of drug-likeness (QED) is 0.617. The van der Waals surface area contributed by atoms with Crippen LogP contribution in [-0.4, -0.2) is 17.6 Å². The maximum Gasteiger partial charge on any atom is 0.421 e. The van der Waals surface area contributed by atoms with Crippen LogP contribution >= 0.6 is 0 Å². The molecule has 0 aliphatic carbocycles. The molecule has 0 aromatic heterocycles. The fraction of sp³-hybridized carbons (Fsp3) is 0.364. The molecule has 0 bridgehead atoms. The summed E-state index contributed by atoms with van der Waals surface area (Å²) < 4.78 is 4.66. The maximum atomic E-state index is 11.1. The van der Waals surface area contributed by atoms with E-state index in [9.17, 15) is 14.9 Å². The first-order valence-electron chi connectivity index (χ1n) is 5.47. The van der Waals surface area contributed by atoms with Crippen LogP contribution < -0.4 is 10.9 Å². The number of ether oxygens (including phenoxy) is 1. The third-order valence-corrected chi connectivity index (χ3v) is 2.27. The molecule has 7 nitrogen and oxygen atoms in total. The van der Waals surface area contributed by atoms with Gasteiger partial charge in [-0.1, -0.05) is 18.2 Å². The SMILES string of the molecule is CCOC(=O)NNC(C)c1ccccc1[N+](=O)[O-]. The number of nitrogens with zero attached hydrogens (tertiary/aromatic N) is 1. The molecule has 0 spiro atoms. The Hall–Kier alpha value is -2.15. The van der Waals surface area contributed by atoms with Crippen molar-refractivity contribution >= 4 is 11.8 Å². The Balaban J connectivity index is 2.69. The van der Waals surface area contributed by atoms with E-state index in [1.807, 2.05) is 0 Å². The second-order valence-electron chi connectivity index (χ2n) is 3.53. The molecular formula is C11H15N3O4. The normalized spacial score (nSPS) is 11.7. The fourth-order valence-corrected chi connectivity index (χ4v) is 1.43. The molecule has 98 valence electrons. The minimum Gasteiger partial charge on any atom is -0.449 e. The van der Waals surface area contributed by atoms with Crippen LogP contribution in [0.2, 0.25) is 0 Å². The Morgan fingerprint density at radius 1 is 1.50 bits per heavy atom. The van der Waals surface area contributed by atoms with E-state index < -0.39 is 17.1 Å². The highest BCUT2D eigenvalue weighted by Gasteiger charge is 2.18. The van der Waals surface area contributed by atoms with Crippen LogP contribution in [0.15, 0.2) is 24.3 Å².